The first kappa shape index (κ1) is 17.4. The van der Waals surface area contributed by atoms with Crippen molar-refractivity contribution in [3.05, 3.63) is 52.7 Å². The molecule has 0 aliphatic rings. The zero-order valence-electron chi connectivity index (χ0n) is 13.6. The smallest absolute Gasteiger partial charge is 0.197 e. The Balaban J connectivity index is 0.00000208. The molecule has 0 aliphatic heterocycles. The van der Waals surface area contributed by atoms with Gasteiger partial charge in [-0.25, -0.2) is 0 Å². The molecule has 1 aromatic heterocycles. The molecule has 0 spiro atoms. The fraction of sp³-hybridized carbons (Fsp3) is 0.167. The van der Waals surface area contributed by atoms with Gasteiger partial charge in [0.2, 0.25) is 0 Å². The summed E-state index contributed by atoms with van der Waals surface area (Å²) in [6, 6.07) is 12.0. The average Bonchev–Trinajstić information content (AvgIpc) is 2.60. The number of ether oxygens (including phenoxy) is 3. The minimum atomic E-state index is -0.159. The zero-order valence-corrected chi connectivity index (χ0v) is 13.6. The van der Waals surface area contributed by atoms with E-state index < -0.39 is 0 Å². The molecular formula is C18H18O6. The summed E-state index contributed by atoms with van der Waals surface area (Å²) < 4.78 is 21.6. The predicted molar refractivity (Wildman–Crippen MR) is 91.2 cm³/mol. The van der Waals surface area contributed by atoms with Crippen LogP contribution in [0.25, 0.3) is 22.3 Å². The Morgan fingerprint density at radius 3 is 2.21 bits per heavy atom. The highest BCUT2D eigenvalue weighted by molar-refractivity contribution is 5.84. The van der Waals surface area contributed by atoms with Crippen LogP contribution in [0.5, 0.6) is 17.2 Å². The van der Waals surface area contributed by atoms with Gasteiger partial charge in [0.05, 0.1) is 21.3 Å². The lowest BCUT2D eigenvalue weighted by atomic mass is 10.1. The predicted octanol–water partition coefficient (Wildman–Crippen LogP) is 2.66. The van der Waals surface area contributed by atoms with Gasteiger partial charge in [-0.2, -0.15) is 0 Å². The first-order chi connectivity index (χ1) is 11.2. The van der Waals surface area contributed by atoms with Crippen molar-refractivity contribution in [2.24, 2.45) is 0 Å². The molecule has 24 heavy (non-hydrogen) atoms. The quantitative estimate of drug-likeness (QED) is 0.733. The van der Waals surface area contributed by atoms with Gasteiger partial charge in [-0.1, -0.05) is 6.07 Å². The highest BCUT2D eigenvalue weighted by atomic mass is 16.5. The highest BCUT2D eigenvalue weighted by Gasteiger charge is 2.13. The van der Waals surface area contributed by atoms with Crippen molar-refractivity contribution in [2.45, 2.75) is 0 Å². The van der Waals surface area contributed by atoms with Gasteiger partial charge in [0, 0.05) is 11.6 Å². The molecule has 3 rings (SSSR count). The van der Waals surface area contributed by atoms with E-state index >= 15 is 0 Å². The van der Waals surface area contributed by atoms with Crippen LogP contribution in [-0.4, -0.2) is 26.8 Å². The average molecular weight is 330 g/mol. The van der Waals surface area contributed by atoms with Gasteiger partial charge in [0.15, 0.2) is 16.9 Å². The Bertz CT molecular complexity index is 913. The van der Waals surface area contributed by atoms with E-state index in [4.69, 9.17) is 18.6 Å². The van der Waals surface area contributed by atoms with E-state index in [-0.39, 0.29) is 10.9 Å². The van der Waals surface area contributed by atoms with Crippen LogP contribution in [0.1, 0.15) is 0 Å². The van der Waals surface area contributed by atoms with Gasteiger partial charge in [0.25, 0.3) is 0 Å². The third-order valence-electron chi connectivity index (χ3n) is 3.60. The minimum Gasteiger partial charge on any atom is -0.496 e. The van der Waals surface area contributed by atoms with Crippen LogP contribution in [0.3, 0.4) is 0 Å². The second-order valence-corrected chi connectivity index (χ2v) is 4.88. The fourth-order valence-corrected chi connectivity index (χ4v) is 2.48. The second-order valence-electron chi connectivity index (χ2n) is 4.88. The van der Waals surface area contributed by atoms with Gasteiger partial charge >= 0.3 is 0 Å². The highest BCUT2D eigenvalue weighted by Crippen LogP contribution is 2.33. The molecule has 1 heterocycles. The first-order valence-corrected chi connectivity index (χ1v) is 7.01. The number of hydrogen-bond donors (Lipinski definition) is 0. The van der Waals surface area contributed by atoms with Crippen molar-refractivity contribution in [2.75, 3.05) is 21.3 Å². The summed E-state index contributed by atoms with van der Waals surface area (Å²) in [5.41, 5.74) is 1.04. The third kappa shape index (κ3) is 2.91. The van der Waals surface area contributed by atoms with Crippen LogP contribution in [0, 0.1) is 0 Å². The summed E-state index contributed by atoms with van der Waals surface area (Å²) in [6.45, 7) is 0. The maximum atomic E-state index is 12.4. The van der Waals surface area contributed by atoms with Crippen molar-refractivity contribution in [3.63, 3.8) is 0 Å². The lowest BCUT2D eigenvalue weighted by Gasteiger charge is -2.10. The maximum absolute atomic E-state index is 12.4. The number of benzene rings is 2. The molecule has 6 nitrogen and oxygen atoms in total. The van der Waals surface area contributed by atoms with Crippen molar-refractivity contribution >= 4 is 11.0 Å². The standard InChI is InChI=1S/C18H16O5.H2O/c1-20-13-8-7-11(9-17(13)22-3)16-10-12(19)18-14(21-2)5-4-6-15(18)23-16;/h4-10H,1-3H3;1H2. The molecule has 0 unspecified atom stereocenters. The molecule has 0 saturated heterocycles. The van der Waals surface area contributed by atoms with Crippen LogP contribution in [-0.2, 0) is 0 Å². The van der Waals surface area contributed by atoms with E-state index in [1.54, 1.807) is 44.6 Å². The summed E-state index contributed by atoms with van der Waals surface area (Å²) >= 11 is 0. The molecule has 0 fully saturated rings. The molecule has 126 valence electrons. The van der Waals surface area contributed by atoms with Crippen molar-refractivity contribution in [1.82, 2.24) is 0 Å². The molecule has 0 radical (unpaired) electrons. The third-order valence-corrected chi connectivity index (χ3v) is 3.60. The molecule has 0 amide bonds. The van der Waals surface area contributed by atoms with Gasteiger partial charge in [0.1, 0.15) is 22.5 Å². The van der Waals surface area contributed by atoms with E-state index in [1.807, 2.05) is 6.07 Å². The van der Waals surface area contributed by atoms with Crippen LogP contribution in [0.4, 0.5) is 0 Å². The summed E-state index contributed by atoms with van der Waals surface area (Å²) in [4.78, 5) is 12.4. The van der Waals surface area contributed by atoms with E-state index in [0.717, 1.165) is 5.56 Å². The van der Waals surface area contributed by atoms with Crippen LogP contribution < -0.4 is 19.6 Å². The number of rotatable bonds is 4. The van der Waals surface area contributed by atoms with Crippen LogP contribution >= 0.6 is 0 Å². The zero-order chi connectivity index (χ0) is 16.4. The van der Waals surface area contributed by atoms with Crippen molar-refractivity contribution in [1.29, 1.82) is 0 Å². The number of methoxy groups -OCH3 is 3. The molecule has 0 aliphatic carbocycles. The van der Waals surface area contributed by atoms with Gasteiger partial charge < -0.3 is 24.1 Å². The SMILES string of the molecule is COc1ccc(-c2cc(=O)c3c(OC)cccc3o2)cc1OC.O. The van der Waals surface area contributed by atoms with Crippen molar-refractivity contribution < 1.29 is 24.1 Å². The normalized spacial score (nSPS) is 10.1. The Morgan fingerprint density at radius 2 is 1.54 bits per heavy atom. The summed E-state index contributed by atoms with van der Waals surface area (Å²) in [6.07, 6.45) is 0. The van der Waals surface area contributed by atoms with E-state index in [2.05, 4.69) is 0 Å². The number of hydrogen-bond acceptors (Lipinski definition) is 5. The molecule has 6 heteroatoms. The summed E-state index contributed by atoms with van der Waals surface area (Å²) in [5, 5.41) is 0.430. The van der Waals surface area contributed by atoms with Crippen molar-refractivity contribution in [3.8, 4) is 28.6 Å². The monoisotopic (exact) mass is 330 g/mol. The van der Waals surface area contributed by atoms with E-state index in [1.165, 1.54) is 13.2 Å². The largest absolute Gasteiger partial charge is 0.496 e. The molecule has 0 bridgehead atoms. The van der Waals surface area contributed by atoms with Crippen LogP contribution in [0.15, 0.2) is 51.7 Å². The maximum Gasteiger partial charge on any atom is 0.197 e. The fourth-order valence-electron chi connectivity index (χ4n) is 2.48. The number of fused-ring (bicyclic) bond motifs is 1. The molecular weight excluding hydrogens is 312 g/mol. The Kier molecular flexibility index (Phi) is 5.11. The lowest BCUT2D eigenvalue weighted by Crippen LogP contribution is -2.02. The second kappa shape index (κ2) is 7.06. The molecule has 0 saturated carbocycles. The van der Waals surface area contributed by atoms with Gasteiger partial charge in [-0.15, -0.1) is 0 Å². The Morgan fingerprint density at radius 1 is 0.833 bits per heavy atom. The van der Waals surface area contributed by atoms with E-state index in [0.29, 0.717) is 34.0 Å². The van der Waals surface area contributed by atoms with Gasteiger partial charge in [-0.05, 0) is 30.3 Å². The lowest BCUT2D eigenvalue weighted by molar-refractivity contribution is 0.355. The molecule has 3 aromatic rings. The molecule has 2 aromatic carbocycles. The van der Waals surface area contributed by atoms with Gasteiger partial charge in [-0.3, -0.25) is 4.79 Å². The topological polar surface area (TPSA) is 89.4 Å². The first-order valence-electron chi connectivity index (χ1n) is 7.01. The molecule has 0 atom stereocenters. The summed E-state index contributed by atoms with van der Waals surface area (Å²) in [5.74, 6) is 2.13. The Hall–Kier alpha value is -2.99. The molecule has 2 N–H and O–H groups in total. The van der Waals surface area contributed by atoms with E-state index in [9.17, 15) is 4.79 Å². The van der Waals surface area contributed by atoms with Crippen LogP contribution in [0.2, 0.25) is 0 Å². The summed E-state index contributed by atoms with van der Waals surface area (Å²) in [7, 11) is 4.65. The minimum absolute atomic E-state index is 0. The Labute approximate surface area is 138 Å².